The lowest BCUT2D eigenvalue weighted by atomic mass is 10.1. The van der Waals surface area contributed by atoms with E-state index in [2.05, 4.69) is 60.8 Å². The lowest BCUT2D eigenvalue weighted by Gasteiger charge is -2.08. The van der Waals surface area contributed by atoms with Gasteiger partial charge in [-0.25, -0.2) is 0 Å². The summed E-state index contributed by atoms with van der Waals surface area (Å²) in [5.74, 6) is 1.70. The minimum atomic E-state index is 0.0140. The summed E-state index contributed by atoms with van der Waals surface area (Å²) in [6.45, 7) is 8.42. The molecule has 0 amide bonds. The Kier molecular flexibility index (Phi) is 9.33. The van der Waals surface area contributed by atoms with Gasteiger partial charge in [0.15, 0.2) is 0 Å². The van der Waals surface area contributed by atoms with Crippen LogP contribution in [-0.2, 0) is 0 Å². The number of aromatic nitrogens is 2. The lowest BCUT2D eigenvalue weighted by molar-refractivity contribution is 0.102. The van der Waals surface area contributed by atoms with Crippen molar-refractivity contribution in [3.05, 3.63) is 131 Å². The molecule has 0 aliphatic heterocycles. The number of aryl methyl sites for hydroxylation is 2. The second-order valence-corrected chi connectivity index (χ2v) is 15.1. The Morgan fingerprint density at radius 3 is 1.32 bits per heavy atom. The third kappa shape index (κ3) is 5.76. The Morgan fingerprint density at radius 1 is 0.568 bits per heavy atom. The third-order valence-corrected chi connectivity index (χ3v) is 12.0. The zero-order valence-corrected chi connectivity index (χ0v) is 28.3. The molecular weight excluding hydrogens is 621 g/mol. The van der Waals surface area contributed by atoms with E-state index in [1.54, 1.807) is 45.1 Å². The predicted octanol–water partition coefficient (Wildman–Crippen LogP) is 10.3. The van der Waals surface area contributed by atoms with Gasteiger partial charge >= 0.3 is 0 Å². The number of pyridine rings is 2. The fraction of sp³-hybridized carbons (Fsp3) is 0.167. The van der Waals surface area contributed by atoms with Gasteiger partial charge in [0.1, 0.15) is 11.4 Å². The van der Waals surface area contributed by atoms with Crippen molar-refractivity contribution >= 4 is 67.7 Å². The molecule has 0 spiro atoms. The smallest absolute Gasteiger partial charge is 0.210 e. The summed E-state index contributed by atoms with van der Waals surface area (Å²) in [4.78, 5) is 32.1. The van der Waals surface area contributed by atoms with E-state index in [1.807, 2.05) is 73.1 Å². The van der Waals surface area contributed by atoms with E-state index in [-0.39, 0.29) is 11.6 Å². The van der Waals surface area contributed by atoms with Crippen LogP contribution in [0.3, 0.4) is 0 Å². The molecule has 4 nitrogen and oxygen atoms in total. The number of rotatable bonds is 11. The highest BCUT2D eigenvalue weighted by atomic mass is 33.1. The van der Waals surface area contributed by atoms with Crippen molar-refractivity contribution in [3.63, 3.8) is 0 Å². The highest BCUT2D eigenvalue weighted by molar-refractivity contribution is 8.76. The molecule has 0 fully saturated rings. The molecule has 0 unspecified atom stereocenters. The summed E-state index contributed by atoms with van der Waals surface area (Å²) < 4.78 is 4.11. The summed E-state index contributed by atoms with van der Waals surface area (Å²) in [5.41, 5.74) is 7.05. The highest BCUT2D eigenvalue weighted by Gasteiger charge is 2.28. The van der Waals surface area contributed by atoms with Crippen LogP contribution in [0.1, 0.15) is 57.1 Å². The number of carbonyl (C=O) groups excluding carboxylic acids is 2. The van der Waals surface area contributed by atoms with Gasteiger partial charge in [0.25, 0.3) is 0 Å². The Bertz CT molecular complexity index is 1850. The van der Waals surface area contributed by atoms with Crippen LogP contribution in [0, 0.1) is 13.8 Å². The number of hydrogen-bond donors (Lipinski definition) is 0. The van der Waals surface area contributed by atoms with Crippen LogP contribution in [0.15, 0.2) is 117 Å². The summed E-state index contributed by atoms with van der Waals surface area (Å²) >= 11 is 3.41. The van der Waals surface area contributed by atoms with E-state index >= 15 is 0 Å². The third-order valence-electron chi connectivity index (χ3n) is 7.30. The molecule has 0 saturated carbocycles. The molecule has 6 rings (SSSR count). The maximum Gasteiger partial charge on any atom is 0.210 e. The molecule has 8 heteroatoms. The van der Waals surface area contributed by atoms with Gasteiger partial charge in [0, 0.05) is 23.5 Å². The molecule has 4 aromatic heterocycles. The molecule has 0 atom stereocenters. The summed E-state index contributed by atoms with van der Waals surface area (Å²) in [5, 5.41) is 0. The van der Waals surface area contributed by atoms with Crippen LogP contribution in [0.5, 0.6) is 0 Å². The normalized spacial score (nSPS) is 11.5. The molecular formula is C36H32N2O2S4. The molecule has 6 aromatic rings. The molecule has 0 aliphatic rings. The van der Waals surface area contributed by atoms with Crippen molar-refractivity contribution in [2.45, 2.75) is 47.3 Å². The number of fused-ring (bicyclic) bond motifs is 2. The van der Waals surface area contributed by atoms with Gasteiger partial charge in [-0.3, -0.25) is 9.59 Å². The molecule has 4 heterocycles. The van der Waals surface area contributed by atoms with Crippen molar-refractivity contribution < 1.29 is 9.59 Å². The van der Waals surface area contributed by atoms with Gasteiger partial charge in [0.05, 0.1) is 30.6 Å². The topological polar surface area (TPSA) is 43.0 Å². The number of thioether (sulfide) groups is 2. The van der Waals surface area contributed by atoms with E-state index in [0.717, 1.165) is 53.2 Å². The first-order chi connectivity index (χ1) is 21.4. The molecule has 222 valence electrons. The van der Waals surface area contributed by atoms with Crippen molar-refractivity contribution in [2.24, 2.45) is 0 Å². The maximum atomic E-state index is 14.0. The second kappa shape index (κ2) is 13.4. The van der Waals surface area contributed by atoms with Gasteiger partial charge in [-0.05, 0) is 82.3 Å². The van der Waals surface area contributed by atoms with Crippen LogP contribution >= 0.6 is 45.1 Å². The summed E-state index contributed by atoms with van der Waals surface area (Å²) in [7, 11) is 3.36. The molecule has 0 radical (unpaired) electrons. The predicted molar refractivity (Wildman–Crippen MR) is 189 cm³/mol. The maximum absolute atomic E-state index is 14.0. The molecule has 0 N–H and O–H groups in total. The zero-order chi connectivity index (χ0) is 30.8. The van der Waals surface area contributed by atoms with E-state index < -0.39 is 0 Å². The minimum absolute atomic E-state index is 0.0140. The summed E-state index contributed by atoms with van der Waals surface area (Å²) in [6.07, 6.45) is 4.03. The van der Waals surface area contributed by atoms with Crippen molar-refractivity contribution in [3.8, 4) is 0 Å². The van der Waals surface area contributed by atoms with E-state index in [4.69, 9.17) is 0 Å². The fourth-order valence-electron chi connectivity index (χ4n) is 5.30. The molecule has 0 saturated heterocycles. The summed E-state index contributed by atoms with van der Waals surface area (Å²) in [6, 6.07) is 27.5. The van der Waals surface area contributed by atoms with Crippen molar-refractivity contribution in [2.75, 3.05) is 11.5 Å². The second-order valence-electron chi connectivity index (χ2n) is 10.4. The van der Waals surface area contributed by atoms with E-state index in [0.29, 0.717) is 22.5 Å². The Labute approximate surface area is 274 Å². The SMILES string of the molecule is CCSc1c(SSc2c(SCC)c(C(=O)c3ccccc3)n3ccc(C)cc23)c2cc(C)ccn2c1C(=O)c1ccccc1. The number of carbonyl (C=O) groups is 2. The monoisotopic (exact) mass is 652 g/mol. The Hall–Kier alpha value is -3.30. The Morgan fingerprint density at radius 2 is 0.955 bits per heavy atom. The number of benzene rings is 2. The van der Waals surface area contributed by atoms with Gasteiger partial charge in [-0.15, -0.1) is 23.5 Å². The average Bonchev–Trinajstić information content (AvgIpc) is 3.50. The Balaban J connectivity index is 1.52. The van der Waals surface area contributed by atoms with Crippen LogP contribution in [0.2, 0.25) is 0 Å². The van der Waals surface area contributed by atoms with Crippen molar-refractivity contribution in [1.82, 2.24) is 8.80 Å². The van der Waals surface area contributed by atoms with Gasteiger partial charge in [-0.2, -0.15) is 0 Å². The standard InChI is InChI=1S/C36H32N2O2S4/c1-5-41-35-29(31(39)25-13-9-7-10-14-25)37-19-17-23(3)21-27(37)33(35)43-44-34-28-22-24(4)18-20-38(28)30(36(34)42-6-2)32(40)26-15-11-8-12-16-26/h7-22H,5-6H2,1-4H3. The van der Waals surface area contributed by atoms with Crippen LogP contribution < -0.4 is 0 Å². The first-order valence-corrected chi connectivity index (χ1v) is 18.6. The fourth-order valence-corrected chi connectivity index (χ4v) is 10.4. The van der Waals surface area contributed by atoms with Crippen molar-refractivity contribution in [1.29, 1.82) is 0 Å². The number of nitrogens with zero attached hydrogens (tertiary/aromatic N) is 2. The van der Waals surface area contributed by atoms with Crippen LogP contribution in [-0.4, -0.2) is 31.9 Å². The van der Waals surface area contributed by atoms with Gasteiger partial charge < -0.3 is 8.80 Å². The average molecular weight is 653 g/mol. The van der Waals surface area contributed by atoms with Crippen LogP contribution in [0.25, 0.3) is 11.0 Å². The quantitative estimate of drug-likeness (QED) is 0.0788. The number of ketones is 2. The molecule has 0 bridgehead atoms. The molecule has 0 aliphatic carbocycles. The van der Waals surface area contributed by atoms with Crippen LogP contribution in [0.4, 0.5) is 0 Å². The van der Waals surface area contributed by atoms with E-state index in [9.17, 15) is 9.59 Å². The lowest BCUT2D eigenvalue weighted by Crippen LogP contribution is -2.06. The highest BCUT2D eigenvalue weighted by Crippen LogP contribution is 2.51. The first kappa shape index (κ1) is 30.7. The zero-order valence-electron chi connectivity index (χ0n) is 25.0. The van der Waals surface area contributed by atoms with E-state index in [1.165, 1.54) is 0 Å². The minimum Gasteiger partial charge on any atom is -0.311 e. The largest absolute Gasteiger partial charge is 0.311 e. The molecule has 2 aromatic carbocycles. The van der Waals surface area contributed by atoms with Gasteiger partial charge in [-0.1, -0.05) is 74.5 Å². The first-order valence-electron chi connectivity index (χ1n) is 14.5. The number of hydrogen-bond acceptors (Lipinski definition) is 6. The van der Waals surface area contributed by atoms with Gasteiger partial charge in [0.2, 0.25) is 11.6 Å². The molecule has 44 heavy (non-hydrogen) atoms.